The molecule has 2 aromatic carbocycles. The van der Waals surface area contributed by atoms with E-state index in [0.29, 0.717) is 13.2 Å². The quantitative estimate of drug-likeness (QED) is 0.597. The number of aromatic nitrogens is 1. The lowest BCUT2D eigenvalue weighted by Crippen LogP contribution is -2.38. The summed E-state index contributed by atoms with van der Waals surface area (Å²) in [6.07, 6.45) is 0.327. The van der Waals surface area contributed by atoms with Gasteiger partial charge in [-0.1, -0.05) is 18.2 Å². The van der Waals surface area contributed by atoms with Crippen molar-refractivity contribution < 1.29 is 14.3 Å². The predicted octanol–water partition coefficient (Wildman–Crippen LogP) is 4.62. The first-order valence-electron chi connectivity index (χ1n) is 9.66. The highest BCUT2D eigenvalue weighted by atomic mass is 32.1. The van der Waals surface area contributed by atoms with Crippen molar-refractivity contribution in [2.45, 2.75) is 33.0 Å². The molecule has 1 unspecified atom stereocenters. The number of hydrogen-bond donors (Lipinski definition) is 0. The van der Waals surface area contributed by atoms with Gasteiger partial charge in [-0.25, -0.2) is 4.98 Å². The van der Waals surface area contributed by atoms with Gasteiger partial charge in [0, 0.05) is 23.2 Å². The van der Waals surface area contributed by atoms with Gasteiger partial charge in [0.1, 0.15) is 11.9 Å². The van der Waals surface area contributed by atoms with Gasteiger partial charge < -0.3 is 14.4 Å². The van der Waals surface area contributed by atoms with Gasteiger partial charge in [-0.3, -0.25) is 4.79 Å². The highest BCUT2D eigenvalue weighted by molar-refractivity contribution is 7.09. The maximum atomic E-state index is 13.0. The largest absolute Gasteiger partial charge is 0.497 e. The van der Waals surface area contributed by atoms with Crippen LogP contribution in [0.5, 0.6) is 5.75 Å². The van der Waals surface area contributed by atoms with E-state index in [0.717, 1.165) is 39.7 Å². The van der Waals surface area contributed by atoms with E-state index in [2.05, 4.69) is 16.4 Å². The molecule has 0 fully saturated rings. The minimum absolute atomic E-state index is 0.0103. The number of thiazole rings is 1. The highest BCUT2D eigenvalue weighted by Crippen LogP contribution is 2.33. The van der Waals surface area contributed by atoms with Crippen LogP contribution in [0.3, 0.4) is 0 Å². The minimum Gasteiger partial charge on any atom is -0.497 e. The molecule has 6 heteroatoms. The topological polar surface area (TPSA) is 51.7 Å². The average molecular weight is 409 g/mol. The van der Waals surface area contributed by atoms with E-state index < -0.39 is 6.10 Å². The summed E-state index contributed by atoms with van der Waals surface area (Å²) in [6.45, 7) is 4.87. The fourth-order valence-electron chi connectivity index (χ4n) is 3.56. The fourth-order valence-corrected chi connectivity index (χ4v) is 4.18. The van der Waals surface area contributed by atoms with Crippen LogP contribution >= 0.6 is 11.3 Å². The van der Waals surface area contributed by atoms with Crippen LogP contribution < -0.4 is 9.64 Å². The van der Waals surface area contributed by atoms with Crippen LogP contribution in [0, 0.1) is 6.92 Å². The van der Waals surface area contributed by atoms with Crippen molar-refractivity contribution in [3.05, 3.63) is 64.0 Å². The van der Waals surface area contributed by atoms with Crippen molar-refractivity contribution in [1.82, 2.24) is 4.98 Å². The Morgan fingerprint density at radius 3 is 2.90 bits per heavy atom. The maximum absolute atomic E-state index is 13.0. The third-order valence-electron chi connectivity index (χ3n) is 5.14. The van der Waals surface area contributed by atoms with Crippen LogP contribution in [-0.2, 0) is 22.6 Å². The Kier molecular flexibility index (Phi) is 5.65. The molecule has 0 radical (unpaired) electrons. The van der Waals surface area contributed by atoms with E-state index in [1.165, 1.54) is 5.56 Å². The number of fused-ring (bicyclic) bond motifs is 1. The second-order valence-corrected chi connectivity index (χ2v) is 8.20. The summed E-state index contributed by atoms with van der Waals surface area (Å²) < 4.78 is 11.1. The van der Waals surface area contributed by atoms with Crippen molar-refractivity contribution in [3.63, 3.8) is 0 Å². The standard InChI is InChI=1S/C23H24N2O3S/c1-15(28-13-17-5-4-6-20(11-17)27-3)23(26)25-10-9-19-12-18(7-8-22(19)25)21-14-29-16(2)24-21/h4-8,11-12,14-15H,9-10,13H2,1-3H3. The predicted molar refractivity (Wildman–Crippen MR) is 116 cm³/mol. The van der Waals surface area contributed by atoms with Crippen molar-refractivity contribution >= 4 is 22.9 Å². The number of aryl methyl sites for hydroxylation is 1. The van der Waals surface area contributed by atoms with Gasteiger partial charge in [0.05, 0.1) is 24.4 Å². The monoisotopic (exact) mass is 408 g/mol. The Hall–Kier alpha value is -2.70. The molecule has 29 heavy (non-hydrogen) atoms. The number of benzene rings is 2. The molecule has 150 valence electrons. The summed E-state index contributed by atoms with van der Waals surface area (Å²) in [7, 11) is 1.64. The van der Waals surface area contributed by atoms with E-state index in [1.807, 2.05) is 55.1 Å². The summed E-state index contributed by atoms with van der Waals surface area (Å²) in [5, 5.41) is 3.13. The first kappa shape index (κ1) is 19.6. The third kappa shape index (κ3) is 4.18. The maximum Gasteiger partial charge on any atom is 0.255 e. The molecule has 2 heterocycles. The zero-order chi connectivity index (χ0) is 20.4. The summed E-state index contributed by atoms with van der Waals surface area (Å²) >= 11 is 1.65. The third-order valence-corrected chi connectivity index (χ3v) is 5.91. The lowest BCUT2D eigenvalue weighted by molar-refractivity contribution is -0.129. The molecule has 1 atom stereocenters. The van der Waals surface area contributed by atoms with Gasteiger partial charge in [-0.2, -0.15) is 0 Å². The van der Waals surface area contributed by atoms with Crippen molar-refractivity contribution in [1.29, 1.82) is 0 Å². The molecule has 1 aromatic heterocycles. The molecule has 0 bridgehead atoms. The number of anilines is 1. The number of nitrogens with zero attached hydrogens (tertiary/aromatic N) is 2. The van der Waals surface area contributed by atoms with Crippen LogP contribution in [-0.4, -0.2) is 30.6 Å². The summed E-state index contributed by atoms with van der Waals surface area (Å²) in [6, 6.07) is 13.9. The van der Waals surface area contributed by atoms with Crippen molar-refractivity contribution in [3.8, 4) is 17.0 Å². The van der Waals surface area contributed by atoms with Crippen LogP contribution in [0.4, 0.5) is 5.69 Å². The molecule has 1 aliphatic heterocycles. The summed E-state index contributed by atoms with van der Waals surface area (Å²) in [5.74, 6) is 0.772. The molecule has 1 amide bonds. The number of methoxy groups -OCH3 is 1. The van der Waals surface area contributed by atoms with Crippen LogP contribution in [0.15, 0.2) is 47.8 Å². The van der Waals surface area contributed by atoms with Gasteiger partial charge in [-0.05, 0) is 55.7 Å². The fraction of sp³-hybridized carbons (Fsp3) is 0.304. The first-order chi connectivity index (χ1) is 14.0. The lowest BCUT2D eigenvalue weighted by Gasteiger charge is -2.22. The number of carbonyl (C=O) groups excluding carboxylic acids is 1. The average Bonchev–Trinajstić information content (AvgIpc) is 3.37. The smallest absolute Gasteiger partial charge is 0.255 e. The second-order valence-electron chi connectivity index (χ2n) is 7.14. The van der Waals surface area contributed by atoms with Gasteiger partial charge in [0.25, 0.3) is 5.91 Å². The van der Waals surface area contributed by atoms with E-state index >= 15 is 0 Å². The second kappa shape index (κ2) is 8.35. The number of ether oxygens (including phenoxy) is 2. The number of rotatable bonds is 6. The Labute approximate surface area is 174 Å². The Balaban J connectivity index is 1.43. The van der Waals surface area contributed by atoms with E-state index in [9.17, 15) is 4.79 Å². The van der Waals surface area contributed by atoms with E-state index in [4.69, 9.17) is 9.47 Å². The van der Waals surface area contributed by atoms with E-state index in [-0.39, 0.29) is 5.91 Å². The molecule has 0 aliphatic carbocycles. The molecule has 5 nitrogen and oxygen atoms in total. The molecule has 0 saturated heterocycles. The van der Waals surface area contributed by atoms with Crippen LogP contribution in [0.2, 0.25) is 0 Å². The zero-order valence-corrected chi connectivity index (χ0v) is 17.7. The van der Waals surface area contributed by atoms with Gasteiger partial charge in [-0.15, -0.1) is 11.3 Å². The van der Waals surface area contributed by atoms with Crippen molar-refractivity contribution in [2.24, 2.45) is 0 Å². The van der Waals surface area contributed by atoms with Gasteiger partial charge in [0.2, 0.25) is 0 Å². The SMILES string of the molecule is COc1cccc(COC(C)C(=O)N2CCc3cc(-c4csc(C)n4)ccc32)c1. The summed E-state index contributed by atoms with van der Waals surface area (Å²) in [5.41, 5.74) is 5.23. The van der Waals surface area contributed by atoms with Crippen molar-refractivity contribution in [2.75, 3.05) is 18.6 Å². The normalized spacial score (nSPS) is 14.0. The zero-order valence-electron chi connectivity index (χ0n) is 16.8. The first-order valence-corrected chi connectivity index (χ1v) is 10.5. The molecular weight excluding hydrogens is 384 g/mol. The molecule has 3 aromatic rings. The number of amides is 1. The lowest BCUT2D eigenvalue weighted by atomic mass is 10.1. The number of hydrogen-bond acceptors (Lipinski definition) is 5. The van der Waals surface area contributed by atoms with Gasteiger partial charge in [0.15, 0.2) is 0 Å². The van der Waals surface area contributed by atoms with Gasteiger partial charge >= 0.3 is 0 Å². The van der Waals surface area contributed by atoms with Crippen LogP contribution in [0.1, 0.15) is 23.1 Å². The van der Waals surface area contributed by atoms with Crippen LogP contribution in [0.25, 0.3) is 11.3 Å². The molecule has 1 aliphatic rings. The van der Waals surface area contributed by atoms with E-state index in [1.54, 1.807) is 18.4 Å². The molecule has 0 N–H and O–H groups in total. The Morgan fingerprint density at radius 1 is 1.28 bits per heavy atom. The Bertz CT molecular complexity index is 1030. The molecular formula is C23H24N2O3S. The minimum atomic E-state index is -0.520. The molecule has 0 spiro atoms. The number of carbonyl (C=O) groups is 1. The molecule has 0 saturated carbocycles. The summed E-state index contributed by atoms with van der Waals surface area (Å²) in [4.78, 5) is 19.4. The molecule has 4 rings (SSSR count). The Morgan fingerprint density at radius 2 is 2.14 bits per heavy atom. The highest BCUT2D eigenvalue weighted by Gasteiger charge is 2.28.